The van der Waals surface area contributed by atoms with Gasteiger partial charge in [-0.1, -0.05) is 0 Å². The van der Waals surface area contributed by atoms with Gasteiger partial charge in [-0.05, 0) is 51.5 Å². The van der Waals surface area contributed by atoms with Crippen LogP contribution in [0, 0.1) is 18.3 Å². The molecule has 2 saturated heterocycles. The minimum atomic E-state index is -0.194. The van der Waals surface area contributed by atoms with Gasteiger partial charge in [-0.25, -0.2) is 4.79 Å². The molecule has 1 aromatic carbocycles. The molecule has 0 aliphatic carbocycles. The van der Waals surface area contributed by atoms with E-state index in [2.05, 4.69) is 42.4 Å². The van der Waals surface area contributed by atoms with Crippen LogP contribution in [0.1, 0.15) is 31.9 Å². The Labute approximate surface area is 178 Å². The first-order valence-electron chi connectivity index (χ1n) is 10.5. The molecule has 0 unspecified atom stereocenters. The zero-order chi connectivity index (χ0) is 21.9. The topological polar surface area (TPSA) is 91.7 Å². The standard InChI is InChI=1S/C22H32N6O2/c1-16-13-18(6-5-17(16)14-23)25-21(30)27-11-9-26(10-12-27)20(29)19-15-28(8-7-24-19)22(2,3)4/h5-6,13,19,24H,7-12,15H2,1-4H3,(H,25,30)/t19-/m1/s1. The van der Waals surface area contributed by atoms with E-state index in [1.165, 1.54) is 0 Å². The van der Waals surface area contributed by atoms with Crippen LogP contribution in [0.4, 0.5) is 10.5 Å². The van der Waals surface area contributed by atoms with Crippen molar-refractivity contribution in [2.24, 2.45) is 0 Å². The van der Waals surface area contributed by atoms with Gasteiger partial charge in [0.05, 0.1) is 17.7 Å². The molecule has 1 aromatic rings. The van der Waals surface area contributed by atoms with Crippen LogP contribution in [0.25, 0.3) is 0 Å². The molecule has 0 spiro atoms. The molecular formula is C22H32N6O2. The summed E-state index contributed by atoms with van der Waals surface area (Å²) < 4.78 is 0. The quantitative estimate of drug-likeness (QED) is 0.770. The van der Waals surface area contributed by atoms with Crippen molar-refractivity contribution < 1.29 is 9.59 Å². The van der Waals surface area contributed by atoms with Crippen molar-refractivity contribution in [3.63, 3.8) is 0 Å². The number of carbonyl (C=O) groups excluding carboxylic acids is 2. The van der Waals surface area contributed by atoms with Crippen LogP contribution in [0.3, 0.4) is 0 Å². The molecule has 2 N–H and O–H groups in total. The van der Waals surface area contributed by atoms with E-state index in [1.54, 1.807) is 23.1 Å². The van der Waals surface area contributed by atoms with Crippen molar-refractivity contribution in [3.8, 4) is 6.07 Å². The van der Waals surface area contributed by atoms with Gasteiger partial charge >= 0.3 is 6.03 Å². The fourth-order valence-electron chi connectivity index (χ4n) is 3.94. The first kappa shape index (κ1) is 22.1. The van der Waals surface area contributed by atoms with Crippen LogP contribution in [-0.4, -0.2) is 84.0 Å². The summed E-state index contributed by atoms with van der Waals surface area (Å²) in [6, 6.07) is 6.99. The van der Waals surface area contributed by atoms with Gasteiger partial charge in [-0.15, -0.1) is 0 Å². The van der Waals surface area contributed by atoms with E-state index in [0.717, 1.165) is 18.7 Å². The van der Waals surface area contributed by atoms with Crippen molar-refractivity contribution in [1.29, 1.82) is 5.26 Å². The summed E-state index contributed by atoms with van der Waals surface area (Å²) in [5.41, 5.74) is 2.14. The zero-order valence-corrected chi connectivity index (χ0v) is 18.4. The van der Waals surface area contributed by atoms with Gasteiger partial charge < -0.3 is 20.4 Å². The third-order valence-electron chi connectivity index (χ3n) is 5.90. The number of nitriles is 1. The number of amides is 3. The molecule has 8 heteroatoms. The maximum Gasteiger partial charge on any atom is 0.321 e. The predicted molar refractivity (Wildman–Crippen MR) is 116 cm³/mol. The average molecular weight is 413 g/mol. The Morgan fingerprint density at radius 2 is 1.80 bits per heavy atom. The fraction of sp³-hybridized carbons (Fsp3) is 0.591. The van der Waals surface area contributed by atoms with Crippen molar-refractivity contribution >= 4 is 17.6 Å². The molecule has 8 nitrogen and oxygen atoms in total. The largest absolute Gasteiger partial charge is 0.338 e. The zero-order valence-electron chi connectivity index (χ0n) is 18.4. The molecular weight excluding hydrogens is 380 g/mol. The van der Waals surface area contributed by atoms with Crippen LogP contribution in [0.15, 0.2) is 18.2 Å². The summed E-state index contributed by atoms with van der Waals surface area (Å²) in [5, 5.41) is 15.3. The molecule has 0 saturated carbocycles. The lowest BCUT2D eigenvalue weighted by Gasteiger charge is -2.43. The van der Waals surface area contributed by atoms with Crippen molar-refractivity contribution in [1.82, 2.24) is 20.0 Å². The predicted octanol–water partition coefficient (Wildman–Crippen LogP) is 1.62. The van der Waals surface area contributed by atoms with Crippen molar-refractivity contribution in [3.05, 3.63) is 29.3 Å². The lowest BCUT2D eigenvalue weighted by molar-refractivity contribution is -0.136. The molecule has 1 atom stereocenters. The van der Waals surface area contributed by atoms with E-state index >= 15 is 0 Å². The molecule has 0 radical (unpaired) electrons. The minimum absolute atomic E-state index is 0.0429. The number of hydrogen-bond donors (Lipinski definition) is 2. The second kappa shape index (κ2) is 9.02. The van der Waals surface area contributed by atoms with Gasteiger partial charge in [0.1, 0.15) is 0 Å². The molecule has 162 valence electrons. The summed E-state index contributed by atoms with van der Waals surface area (Å²) >= 11 is 0. The van der Waals surface area contributed by atoms with Crippen molar-refractivity contribution in [2.75, 3.05) is 51.1 Å². The van der Waals surface area contributed by atoms with E-state index in [9.17, 15) is 9.59 Å². The second-order valence-electron chi connectivity index (χ2n) is 9.01. The van der Waals surface area contributed by atoms with Crippen LogP contribution in [0.2, 0.25) is 0 Å². The highest BCUT2D eigenvalue weighted by atomic mass is 16.2. The highest BCUT2D eigenvalue weighted by Crippen LogP contribution is 2.18. The monoisotopic (exact) mass is 412 g/mol. The molecule has 0 bridgehead atoms. The number of carbonyl (C=O) groups is 2. The fourth-order valence-corrected chi connectivity index (χ4v) is 3.94. The number of hydrogen-bond acceptors (Lipinski definition) is 5. The SMILES string of the molecule is Cc1cc(NC(=O)N2CCN(C(=O)[C@H]3CN(C(C)(C)C)CCN3)CC2)ccc1C#N. The van der Waals surface area contributed by atoms with Gasteiger partial charge in [0, 0.05) is 57.0 Å². The van der Waals surface area contributed by atoms with Crippen LogP contribution in [-0.2, 0) is 4.79 Å². The Bertz CT molecular complexity index is 833. The highest BCUT2D eigenvalue weighted by Gasteiger charge is 2.34. The van der Waals surface area contributed by atoms with E-state index < -0.39 is 0 Å². The molecule has 2 aliphatic rings. The number of nitrogens with one attached hydrogen (secondary N) is 2. The molecule has 2 heterocycles. The number of benzene rings is 1. The van der Waals surface area contributed by atoms with Gasteiger partial charge in [0.25, 0.3) is 0 Å². The molecule has 3 rings (SSSR count). The van der Waals surface area contributed by atoms with E-state index in [-0.39, 0.29) is 23.5 Å². The molecule has 30 heavy (non-hydrogen) atoms. The molecule has 3 amide bonds. The Morgan fingerprint density at radius 1 is 1.13 bits per heavy atom. The smallest absolute Gasteiger partial charge is 0.321 e. The summed E-state index contributed by atoms with van der Waals surface area (Å²) in [5.74, 6) is 0.117. The lowest BCUT2D eigenvalue weighted by atomic mass is 10.0. The van der Waals surface area contributed by atoms with E-state index in [0.29, 0.717) is 44.0 Å². The second-order valence-corrected chi connectivity index (χ2v) is 9.01. The highest BCUT2D eigenvalue weighted by molar-refractivity contribution is 5.90. The maximum atomic E-state index is 13.0. The summed E-state index contributed by atoms with van der Waals surface area (Å²) in [6.07, 6.45) is 0. The lowest BCUT2D eigenvalue weighted by Crippen LogP contribution is -2.63. The Balaban J connectivity index is 1.51. The number of anilines is 1. The van der Waals surface area contributed by atoms with Crippen LogP contribution < -0.4 is 10.6 Å². The number of rotatable bonds is 2. The van der Waals surface area contributed by atoms with Gasteiger partial charge in [0.2, 0.25) is 5.91 Å². The normalized spacial score (nSPS) is 20.6. The maximum absolute atomic E-state index is 13.0. The molecule has 0 aromatic heterocycles. The Kier molecular flexibility index (Phi) is 6.64. The third-order valence-corrected chi connectivity index (χ3v) is 5.90. The van der Waals surface area contributed by atoms with Crippen LogP contribution in [0.5, 0.6) is 0 Å². The van der Waals surface area contributed by atoms with Crippen LogP contribution >= 0.6 is 0 Å². The third kappa shape index (κ3) is 5.10. The van der Waals surface area contributed by atoms with E-state index in [4.69, 9.17) is 5.26 Å². The summed E-state index contributed by atoms with van der Waals surface area (Å²) in [6.45, 7) is 12.9. The summed E-state index contributed by atoms with van der Waals surface area (Å²) in [4.78, 5) is 31.5. The van der Waals surface area contributed by atoms with E-state index in [1.807, 2.05) is 11.8 Å². The molecule has 2 fully saturated rings. The first-order valence-corrected chi connectivity index (χ1v) is 10.5. The Morgan fingerprint density at radius 3 is 2.40 bits per heavy atom. The molecule has 2 aliphatic heterocycles. The number of piperazine rings is 2. The van der Waals surface area contributed by atoms with Crippen molar-refractivity contribution in [2.45, 2.75) is 39.3 Å². The van der Waals surface area contributed by atoms with Gasteiger partial charge in [0.15, 0.2) is 0 Å². The Hall–Kier alpha value is -2.63. The van der Waals surface area contributed by atoms with Gasteiger partial charge in [-0.2, -0.15) is 5.26 Å². The minimum Gasteiger partial charge on any atom is -0.338 e. The van der Waals surface area contributed by atoms with Gasteiger partial charge in [-0.3, -0.25) is 9.69 Å². The average Bonchev–Trinajstić information content (AvgIpc) is 2.73. The summed E-state index contributed by atoms with van der Waals surface area (Å²) in [7, 11) is 0. The number of nitrogens with zero attached hydrogens (tertiary/aromatic N) is 4. The number of urea groups is 1. The number of aryl methyl sites for hydroxylation is 1. The first-order chi connectivity index (χ1) is 14.2.